The van der Waals surface area contributed by atoms with E-state index in [4.69, 9.17) is 21.8 Å². The Labute approximate surface area is 162 Å². The summed E-state index contributed by atoms with van der Waals surface area (Å²) >= 11 is 6.05. The van der Waals surface area contributed by atoms with Gasteiger partial charge in [0.1, 0.15) is 0 Å². The van der Waals surface area contributed by atoms with Crippen molar-refractivity contribution in [2.75, 3.05) is 5.01 Å². The number of rotatable bonds is 4. The highest BCUT2D eigenvalue weighted by Crippen LogP contribution is 2.37. The summed E-state index contributed by atoms with van der Waals surface area (Å²) < 4.78 is 0. The summed E-state index contributed by atoms with van der Waals surface area (Å²) in [5.74, 6) is -0.939. The van der Waals surface area contributed by atoms with Crippen molar-refractivity contribution < 1.29 is 9.90 Å². The van der Waals surface area contributed by atoms with Crippen LogP contribution in [-0.2, 0) is 0 Å². The number of hydrazone groups is 1. The normalized spacial score (nSPS) is 16.3. The molecule has 0 unspecified atom stereocenters. The van der Waals surface area contributed by atoms with Gasteiger partial charge in [0, 0.05) is 11.4 Å². The molecular formula is C22H17ClN2O2. The SMILES string of the molecule is O=C(O)c1ccc(N2N=C(c3ccccc3)C[C@H]2c2ccc(Cl)cc2)cc1. The van der Waals surface area contributed by atoms with Gasteiger partial charge in [-0.3, -0.25) is 5.01 Å². The fraction of sp³-hybridized carbons (Fsp3) is 0.0909. The fourth-order valence-electron chi connectivity index (χ4n) is 3.25. The summed E-state index contributed by atoms with van der Waals surface area (Å²) in [5, 5.41) is 16.6. The van der Waals surface area contributed by atoms with Gasteiger partial charge >= 0.3 is 5.97 Å². The lowest BCUT2D eigenvalue weighted by molar-refractivity contribution is 0.0697. The molecule has 4 nitrogen and oxygen atoms in total. The molecule has 27 heavy (non-hydrogen) atoms. The number of aromatic carboxylic acids is 1. The highest BCUT2D eigenvalue weighted by atomic mass is 35.5. The van der Waals surface area contributed by atoms with E-state index in [2.05, 4.69) is 12.1 Å². The first kappa shape index (κ1) is 17.3. The number of benzene rings is 3. The Morgan fingerprint density at radius 2 is 1.63 bits per heavy atom. The van der Waals surface area contributed by atoms with E-state index in [0.717, 1.165) is 28.9 Å². The van der Waals surface area contributed by atoms with Gasteiger partial charge in [0.05, 0.1) is 23.0 Å². The monoisotopic (exact) mass is 376 g/mol. The molecule has 1 aliphatic rings. The third-order valence-corrected chi connectivity index (χ3v) is 4.90. The van der Waals surface area contributed by atoms with Crippen molar-refractivity contribution in [1.29, 1.82) is 0 Å². The van der Waals surface area contributed by atoms with Crippen LogP contribution in [0.4, 0.5) is 5.69 Å². The van der Waals surface area contributed by atoms with Gasteiger partial charge < -0.3 is 5.11 Å². The minimum Gasteiger partial charge on any atom is -0.478 e. The Bertz CT molecular complexity index is 983. The van der Waals surface area contributed by atoms with Gasteiger partial charge in [-0.05, 0) is 47.5 Å². The molecule has 0 radical (unpaired) electrons. The summed E-state index contributed by atoms with van der Waals surface area (Å²) in [6.45, 7) is 0. The Morgan fingerprint density at radius 1 is 0.963 bits per heavy atom. The van der Waals surface area contributed by atoms with E-state index in [-0.39, 0.29) is 11.6 Å². The molecule has 0 spiro atoms. The second kappa shape index (κ2) is 7.25. The Hall–Kier alpha value is -3.11. The largest absolute Gasteiger partial charge is 0.478 e. The molecule has 0 aromatic heterocycles. The molecule has 4 rings (SSSR count). The van der Waals surface area contributed by atoms with Crippen molar-refractivity contribution in [3.63, 3.8) is 0 Å². The van der Waals surface area contributed by atoms with Gasteiger partial charge in [0.15, 0.2) is 0 Å². The molecule has 0 aliphatic carbocycles. The van der Waals surface area contributed by atoms with E-state index in [1.165, 1.54) is 0 Å². The molecule has 0 fully saturated rings. The van der Waals surface area contributed by atoms with Gasteiger partial charge in [-0.2, -0.15) is 5.10 Å². The predicted octanol–water partition coefficient (Wildman–Crippen LogP) is 5.39. The number of anilines is 1. The standard InChI is InChI=1S/C22H17ClN2O2/c23-18-10-6-16(7-11-18)21-14-20(15-4-2-1-3-5-15)24-25(21)19-12-8-17(9-13-19)22(26)27/h1-13,21H,14H2,(H,26,27)/t21-/m0/s1. The van der Waals surface area contributed by atoms with Gasteiger partial charge in [-0.25, -0.2) is 4.79 Å². The summed E-state index contributed by atoms with van der Waals surface area (Å²) in [6.07, 6.45) is 0.756. The van der Waals surface area contributed by atoms with E-state index < -0.39 is 5.97 Å². The molecule has 0 saturated heterocycles. The lowest BCUT2D eigenvalue weighted by Crippen LogP contribution is -2.18. The maximum Gasteiger partial charge on any atom is 0.335 e. The zero-order valence-electron chi connectivity index (χ0n) is 14.4. The highest BCUT2D eigenvalue weighted by molar-refractivity contribution is 6.30. The summed E-state index contributed by atoms with van der Waals surface area (Å²) in [5.41, 5.74) is 4.30. The van der Waals surface area contributed by atoms with Crippen LogP contribution in [-0.4, -0.2) is 16.8 Å². The van der Waals surface area contributed by atoms with Crippen molar-refractivity contribution in [2.24, 2.45) is 5.10 Å². The van der Waals surface area contributed by atoms with Crippen molar-refractivity contribution in [1.82, 2.24) is 0 Å². The summed E-state index contributed by atoms with van der Waals surface area (Å²) in [7, 11) is 0. The van der Waals surface area contributed by atoms with E-state index >= 15 is 0 Å². The van der Waals surface area contributed by atoms with E-state index in [9.17, 15) is 4.79 Å². The van der Waals surface area contributed by atoms with Crippen LogP contribution in [0.25, 0.3) is 0 Å². The number of nitrogens with zero attached hydrogens (tertiary/aromatic N) is 2. The molecule has 0 saturated carbocycles. The first-order valence-electron chi connectivity index (χ1n) is 8.63. The van der Waals surface area contributed by atoms with Gasteiger partial charge in [-0.1, -0.05) is 54.1 Å². The molecule has 5 heteroatoms. The molecule has 3 aromatic carbocycles. The average Bonchev–Trinajstić information content (AvgIpc) is 3.15. The van der Waals surface area contributed by atoms with Crippen LogP contribution in [0.5, 0.6) is 0 Å². The van der Waals surface area contributed by atoms with Gasteiger partial charge in [-0.15, -0.1) is 0 Å². The fourth-order valence-corrected chi connectivity index (χ4v) is 3.38. The van der Waals surface area contributed by atoms with E-state index in [1.807, 2.05) is 47.5 Å². The third-order valence-electron chi connectivity index (χ3n) is 4.65. The number of halogens is 1. The van der Waals surface area contributed by atoms with Gasteiger partial charge in [0.25, 0.3) is 0 Å². The second-order valence-electron chi connectivity index (χ2n) is 6.38. The number of carboxylic acid groups (broad SMARTS) is 1. The Balaban J connectivity index is 1.73. The number of hydrogen-bond acceptors (Lipinski definition) is 3. The molecule has 3 aromatic rings. The van der Waals surface area contributed by atoms with Crippen LogP contribution in [0.2, 0.25) is 5.02 Å². The smallest absolute Gasteiger partial charge is 0.335 e. The van der Waals surface area contributed by atoms with Crippen LogP contribution in [0.15, 0.2) is 84.0 Å². The maximum absolute atomic E-state index is 11.1. The molecule has 1 aliphatic heterocycles. The quantitative estimate of drug-likeness (QED) is 0.663. The minimum absolute atomic E-state index is 0.0214. The first-order chi connectivity index (χ1) is 13.1. The predicted molar refractivity (Wildman–Crippen MR) is 108 cm³/mol. The molecular weight excluding hydrogens is 360 g/mol. The van der Waals surface area contributed by atoms with Crippen LogP contribution in [0.3, 0.4) is 0 Å². The van der Waals surface area contributed by atoms with Crippen molar-refractivity contribution in [3.05, 3.63) is 101 Å². The van der Waals surface area contributed by atoms with Crippen LogP contribution < -0.4 is 5.01 Å². The Kier molecular flexibility index (Phi) is 4.65. The lowest BCUT2D eigenvalue weighted by atomic mass is 9.98. The van der Waals surface area contributed by atoms with Crippen LogP contribution >= 0.6 is 11.6 Å². The van der Waals surface area contributed by atoms with E-state index in [1.54, 1.807) is 24.3 Å². The zero-order valence-corrected chi connectivity index (χ0v) is 15.2. The average molecular weight is 377 g/mol. The number of carbonyl (C=O) groups is 1. The summed E-state index contributed by atoms with van der Waals surface area (Å²) in [4.78, 5) is 11.1. The molecule has 0 amide bonds. The molecule has 1 heterocycles. The molecule has 1 N–H and O–H groups in total. The lowest BCUT2D eigenvalue weighted by Gasteiger charge is -2.24. The first-order valence-corrected chi connectivity index (χ1v) is 9.00. The van der Waals surface area contributed by atoms with Gasteiger partial charge in [0.2, 0.25) is 0 Å². The number of carboxylic acids is 1. The third kappa shape index (κ3) is 3.57. The molecule has 1 atom stereocenters. The van der Waals surface area contributed by atoms with Crippen molar-refractivity contribution in [3.8, 4) is 0 Å². The second-order valence-corrected chi connectivity index (χ2v) is 6.82. The number of hydrogen-bond donors (Lipinski definition) is 1. The van der Waals surface area contributed by atoms with Crippen molar-refractivity contribution >= 4 is 29.0 Å². The molecule has 134 valence electrons. The molecule has 0 bridgehead atoms. The zero-order chi connectivity index (χ0) is 18.8. The topological polar surface area (TPSA) is 52.9 Å². The minimum atomic E-state index is -0.939. The van der Waals surface area contributed by atoms with E-state index in [0.29, 0.717) is 5.02 Å². The van der Waals surface area contributed by atoms with Crippen molar-refractivity contribution in [2.45, 2.75) is 12.5 Å². The maximum atomic E-state index is 11.1. The van der Waals surface area contributed by atoms with Crippen LogP contribution in [0.1, 0.15) is 33.9 Å². The summed E-state index contributed by atoms with van der Waals surface area (Å²) in [6, 6.07) is 24.7. The Morgan fingerprint density at radius 3 is 2.26 bits per heavy atom. The van der Waals surface area contributed by atoms with Crippen LogP contribution in [0, 0.1) is 0 Å². The highest BCUT2D eigenvalue weighted by Gasteiger charge is 2.29.